The Kier molecular flexibility index (Phi) is 5.86. The Morgan fingerprint density at radius 1 is 0.971 bits per heavy atom. The average molecular weight is 469 g/mol. The quantitative estimate of drug-likeness (QED) is 0.323. The number of ether oxygens (including phenoxy) is 1. The molecule has 0 bridgehead atoms. The SMILES string of the molecule is COC(=O)c1ccc(-n2cccc2[C@H]2[C@@H](c3ccccn3)NC(=S)N2c2ccc(C)cc2)cc1. The number of methoxy groups -OCH3 is 1. The van der Waals surface area contributed by atoms with Crippen LogP contribution in [0.15, 0.2) is 91.3 Å². The summed E-state index contributed by atoms with van der Waals surface area (Å²) in [5, 5.41) is 4.15. The molecule has 2 aromatic heterocycles. The van der Waals surface area contributed by atoms with Crippen LogP contribution in [0.5, 0.6) is 0 Å². The van der Waals surface area contributed by atoms with E-state index in [0.717, 1.165) is 22.8 Å². The Bertz CT molecular complexity index is 1320. The zero-order chi connectivity index (χ0) is 23.7. The fourth-order valence-corrected chi connectivity index (χ4v) is 4.73. The van der Waals surface area contributed by atoms with Gasteiger partial charge in [-0.15, -0.1) is 0 Å². The predicted octanol–water partition coefficient (Wildman–Crippen LogP) is 5.14. The van der Waals surface area contributed by atoms with Gasteiger partial charge in [0, 0.05) is 29.5 Å². The lowest BCUT2D eigenvalue weighted by molar-refractivity contribution is 0.0600. The number of thiocarbonyl (C=S) groups is 1. The van der Waals surface area contributed by atoms with E-state index < -0.39 is 0 Å². The minimum Gasteiger partial charge on any atom is -0.465 e. The Labute approximate surface area is 203 Å². The molecule has 4 aromatic rings. The molecule has 1 aliphatic heterocycles. The van der Waals surface area contributed by atoms with Crippen LogP contribution < -0.4 is 10.2 Å². The van der Waals surface area contributed by atoms with Crippen molar-refractivity contribution in [1.82, 2.24) is 14.9 Å². The summed E-state index contributed by atoms with van der Waals surface area (Å²) in [6.45, 7) is 2.07. The van der Waals surface area contributed by atoms with E-state index in [9.17, 15) is 4.79 Å². The van der Waals surface area contributed by atoms with E-state index in [1.807, 2.05) is 42.6 Å². The zero-order valence-electron chi connectivity index (χ0n) is 18.9. The normalized spacial score (nSPS) is 17.5. The summed E-state index contributed by atoms with van der Waals surface area (Å²) in [7, 11) is 1.38. The molecular formula is C27H24N4O2S. The molecule has 0 unspecified atom stereocenters. The number of nitrogens with zero attached hydrogens (tertiary/aromatic N) is 3. The van der Waals surface area contributed by atoms with E-state index in [-0.39, 0.29) is 18.1 Å². The summed E-state index contributed by atoms with van der Waals surface area (Å²) in [6.07, 6.45) is 3.82. The number of aromatic nitrogens is 2. The number of hydrogen-bond acceptors (Lipinski definition) is 4. The first-order chi connectivity index (χ1) is 16.6. The lowest BCUT2D eigenvalue weighted by atomic mass is 10.0. The van der Waals surface area contributed by atoms with Crippen LogP contribution in [0, 0.1) is 6.92 Å². The molecule has 6 nitrogen and oxygen atoms in total. The lowest BCUT2D eigenvalue weighted by Crippen LogP contribution is -2.30. The minimum atomic E-state index is -0.356. The van der Waals surface area contributed by atoms with Crippen molar-refractivity contribution < 1.29 is 9.53 Å². The van der Waals surface area contributed by atoms with Gasteiger partial charge in [-0.3, -0.25) is 4.98 Å². The first kappa shape index (κ1) is 21.9. The van der Waals surface area contributed by atoms with Crippen molar-refractivity contribution in [1.29, 1.82) is 0 Å². The van der Waals surface area contributed by atoms with Gasteiger partial charge >= 0.3 is 5.97 Å². The molecule has 0 amide bonds. The molecule has 0 spiro atoms. The predicted molar refractivity (Wildman–Crippen MR) is 136 cm³/mol. The maximum absolute atomic E-state index is 11.9. The second kappa shape index (κ2) is 9.11. The fourth-order valence-electron chi connectivity index (χ4n) is 4.39. The van der Waals surface area contributed by atoms with Gasteiger partial charge in [0.1, 0.15) is 6.04 Å². The van der Waals surface area contributed by atoms with Crippen LogP contribution in [0.3, 0.4) is 0 Å². The maximum atomic E-state index is 11.9. The summed E-state index contributed by atoms with van der Waals surface area (Å²) >= 11 is 5.83. The van der Waals surface area contributed by atoms with E-state index in [1.54, 1.807) is 18.3 Å². The van der Waals surface area contributed by atoms with Gasteiger partial charge in [0.25, 0.3) is 0 Å². The molecule has 1 fully saturated rings. The van der Waals surface area contributed by atoms with Crippen LogP contribution in [0.1, 0.15) is 39.4 Å². The highest BCUT2D eigenvalue weighted by Crippen LogP contribution is 2.42. The first-order valence-corrected chi connectivity index (χ1v) is 11.4. The van der Waals surface area contributed by atoms with Gasteiger partial charge in [0.2, 0.25) is 0 Å². The average Bonchev–Trinajstić information content (AvgIpc) is 3.49. The van der Waals surface area contributed by atoms with Gasteiger partial charge in [0.05, 0.1) is 24.4 Å². The zero-order valence-corrected chi connectivity index (χ0v) is 19.7. The molecule has 2 atom stereocenters. The molecule has 170 valence electrons. The third kappa shape index (κ3) is 3.95. The van der Waals surface area contributed by atoms with Gasteiger partial charge < -0.3 is 19.5 Å². The molecule has 1 saturated heterocycles. The van der Waals surface area contributed by atoms with Crippen molar-refractivity contribution in [2.45, 2.75) is 19.0 Å². The minimum absolute atomic E-state index is 0.139. The third-order valence-electron chi connectivity index (χ3n) is 6.06. The molecule has 5 rings (SSSR count). The summed E-state index contributed by atoms with van der Waals surface area (Å²) in [5.74, 6) is -0.356. The highest BCUT2D eigenvalue weighted by molar-refractivity contribution is 7.80. The number of hydrogen-bond donors (Lipinski definition) is 1. The van der Waals surface area contributed by atoms with Crippen molar-refractivity contribution in [2.24, 2.45) is 0 Å². The van der Waals surface area contributed by atoms with Crippen molar-refractivity contribution in [3.63, 3.8) is 0 Å². The van der Waals surface area contributed by atoms with Crippen molar-refractivity contribution in [2.75, 3.05) is 12.0 Å². The number of carbonyl (C=O) groups is 1. The number of anilines is 1. The molecule has 3 heterocycles. The molecule has 0 aliphatic carbocycles. The Morgan fingerprint density at radius 3 is 2.38 bits per heavy atom. The van der Waals surface area contributed by atoms with Crippen LogP contribution in [-0.2, 0) is 4.74 Å². The number of pyridine rings is 1. The smallest absolute Gasteiger partial charge is 0.337 e. The van der Waals surface area contributed by atoms with Crippen LogP contribution in [0.4, 0.5) is 5.69 Å². The van der Waals surface area contributed by atoms with E-state index in [2.05, 4.69) is 57.0 Å². The number of nitrogens with one attached hydrogen (secondary N) is 1. The van der Waals surface area contributed by atoms with E-state index in [1.165, 1.54) is 12.7 Å². The van der Waals surface area contributed by atoms with Crippen LogP contribution in [0.25, 0.3) is 5.69 Å². The van der Waals surface area contributed by atoms with E-state index in [4.69, 9.17) is 17.0 Å². The van der Waals surface area contributed by atoms with Gasteiger partial charge in [-0.2, -0.15) is 0 Å². The number of rotatable bonds is 5. The van der Waals surface area contributed by atoms with Gasteiger partial charge in [0.15, 0.2) is 5.11 Å². The van der Waals surface area contributed by atoms with E-state index >= 15 is 0 Å². The van der Waals surface area contributed by atoms with Crippen molar-refractivity contribution in [3.8, 4) is 5.69 Å². The van der Waals surface area contributed by atoms with Crippen molar-refractivity contribution in [3.05, 3.63) is 114 Å². The molecule has 34 heavy (non-hydrogen) atoms. The summed E-state index contributed by atoms with van der Waals surface area (Å²) in [4.78, 5) is 18.7. The molecule has 1 aliphatic rings. The Balaban J connectivity index is 1.61. The maximum Gasteiger partial charge on any atom is 0.337 e. The highest BCUT2D eigenvalue weighted by atomic mass is 32.1. The molecule has 1 N–H and O–H groups in total. The number of esters is 1. The second-order valence-electron chi connectivity index (χ2n) is 8.17. The molecular weight excluding hydrogens is 444 g/mol. The number of benzene rings is 2. The number of aryl methyl sites for hydroxylation is 1. The highest BCUT2D eigenvalue weighted by Gasteiger charge is 2.42. The van der Waals surface area contributed by atoms with E-state index in [0.29, 0.717) is 10.7 Å². The largest absolute Gasteiger partial charge is 0.465 e. The van der Waals surface area contributed by atoms with Crippen LogP contribution in [-0.4, -0.2) is 27.7 Å². The second-order valence-corrected chi connectivity index (χ2v) is 8.56. The summed E-state index contributed by atoms with van der Waals surface area (Å²) in [6, 6.07) is 25.5. The summed E-state index contributed by atoms with van der Waals surface area (Å²) < 4.78 is 6.96. The molecule has 2 aromatic carbocycles. The summed E-state index contributed by atoms with van der Waals surface area (Å²) in [5.41, 5.74) is 5.62. The van der Waals surface area contributed by atoms with Crippen LogP contribution >= 0.6 is 12.2 Å². The fraction of sp³-hybridized carbons (Fsp3) is 0.148. The van der Waals surface area contributed by atoms with Gasteiger partial charge in [-0.1, -0.05) is 23.8 Å². The first-order valence-electron chi connectivity index (χ1n) is 11.0. The van der Waals surface area contributed by atoms with Crippen LogP contribution in [0.2, 0.25) is 0 Å². The van der Waals surface area contributed by atoms with Gasteiger partial charge in [-0.25, -0.2) is 4.79 Å². The Morgan fingerprint density at radius 2 is 1.71 bits per heavy atom. The third-order valence-corrected chi connectivity index (χ3v) is 6.37. The molecule has 0 radical (unpaired) electrons. The molecule has 0 saturated carbocycles. The van der Waals surface area contributed by atoms with Crippen molar-refractivity contribution >= 4 is 29.0 Å². The monoisotopic (exact) mass is 468 g/mol. The standard InChI is InChI=1S/C27H24N4O2S/c1-18-8-12-21(13-9-18)31-25(24(29-27(31)34)22-6-3-4-16-28-22)23-7-5-17-30(23)20-14-10-19(11-15-20)26(32)33-2/h3-17,24-25H,1-2H3,(H,29,34)/t24-,25+/m1/s1. The number of carbonyl (C=O) groups excluding carboxylic acids is 1. The topological polar surface area (TPSA) is 59.4 Å². The lowest BCUT2D eigenvalue weighted by Gasteiger charge is -2.29. The molecule has 7 heteroatoms. The Hall–Kier alpha value is -3.97. The van der Waals surface area contributed by atoms with Gasteiger partial charge in [-0.05, 0) is 79.8 Å².